The van der Waals surface area contributed by atoms with Gasteiger partial charge in [0.15, 0.2) is 17.2 Å². The highest BCUT2D eigenvalue weighted by Gasteiger charge is 2.30. The van der Waals surface area contributed by atoms with Gasteiger partial charge in [0.1, 0.15) is 12.4 Å². The second-order valence-electron chi connectivity index (χ2n) is 13.1. The van der Waals surface area contributed by atoms with E-state index in [1.54, 1.807) is 19.1 Å². The third-order valence-electron chi connectivity index (χ3n) is 8.54. The lowest BCUT2D eigenvalue weighted by molar-refractivity contribution is -0.110. The van der Waals surface area contributed by atoms with Crippen molar-refractivity contribution in [1.29, 1.82) is 0 Å². The SMILES string of the molecule is CCOC(=O)N/N=C(\C(=O)Nc1cc(C(C)(C)C)cc(C(=O)CC2CC2)c1OC)c1ccc(OCCN2CCOCC2)c2ccccc12. The monoisotopic (exact) mass is 658 g/mol. The predicted octanol–water partition coefficient (Wildman–Crippen LogP) is 5.93. The van der Waals surface area contributed by atoms with Gasteiger partial charge in [0, 0.05) is 37.0 Å². The number of amides is 2. The highest BCUT2D eigenvalue weighted by molar-refractivity contribution is 6.50. The molecule has 1 aliphatic carbocycles. The first kappa shape index (κ1) is 34.8. The standard InChI is InChI=1S/C37H46N4O7/c1-6-47-36(44)40-39-33(28-13-14-32(27-10-8-7-9-26(27)28)48-20-17-41-15-18-46-19-16-41)35(43)38-30-23-25(37(2,3)4)22-29(34(30)45-5)31(42)21-24-11-12-24/h7-10,13-14,22-24H,6,11-12,15-21H2,1-5H3,(H,38,43)(H,40,44)/b39-33-. The number of carbonyl (C=O) groups is 3. The molecule has 5 rings (SSSR count). The number of rotatable bonds is 13. The number of benzene rings is 3. The van der Waals surface area contributed by atoms with Crippen molar-refractivity contribution in [3.8, 4) is 11.5 Å². The molecule has 2 aliphatic rings. The van der Waals surface area contributed by atoms with Crippen LogP contribution in [0.4, 0.5) is 10.5 Å². The number of hydrogen-bond acceptors (Lipinski definition) is 9. The zero-order chi connectivity index (χ0) is 34.3. The molecule has 0 atom stereocenters. The summed E-state index contributed by atoms with van der Waals surface area (Å²) in [5.74, 6) is 0.699. The highest BCUT2D eigenvalue weighted by Crippen LogP contribution is 2.39. The summed E-state index contributed by atoms with van der Waals surface area (Å²) in [6.45, 7) is 12.4. The Morgan fingerprint density at radius 3 is 2.40 bits per heavy atom. The van der Waals surface area contributed by atoms with Crippen LogP contribution in [0.15, 0.2) is 53.6 Å². The van der Waals surface area contributed by atoms with Crippen molar-refractivity contribution in [3.63, 3.8) is 0 Å². The van der Waals surface area contributed by atoms with E-state index in [2.05, 4.69) is 20.7 Å². The molecule has 11 nitrogen and oxygen atoms in total. The van der Waals surface area contributed by atoms with Crippen molar-refractivity contribution in [2.24, 2.45) is 11.0 Å². The van der Waals surface area contributed by atoms with E-state index < -0.39 is 12.0 Å². The summed E-state index contributed by atoms with van der Waals surface area (Å²) < 4.78 is 22.4. The van der Waals surface area contributed by atoms with Crippen LogP contribution in [0.2, 0.25) is 0 Å². The van der Waals surface area contributed by atoms with E-state index >= 15 is 0 Å². The topological polar surface area (TPSA) is 128 Å². The van der Waals surface area contributed by atoms with Gasteiger partial charge in [0.25, 0.3) is 5.91 Å². The van der Waals surface area contributed by atoms with Gasteiger partial charge in [-0.1, -0.05) is 45.0 Å². The highest BCUT2D eigenvalue weighted by atomic mass is 16.5. The molecule has 1 saturated heterocycles. The number of carbonyl (C=O) groups excluding carboxylic acids is 3. The van der Waals surface area contributed by atoms with E-state index in [0.29, 0.717) is 60.1 Å². The van der Waals surface area contributed by atoms with Crippen molar-refractivity contribution < 1.29 is 33.3 Å². The molecule has 1 saturated carbocycles. The van der Waals surface area contributed by atoms with Crippen LogP contribution in [0.1, 0.15) is 68.4 Å². The quantitative estimate of drug-likeness (QED) is 0.132. The maximum absolute atomic E-state index is 14.2. The predicted molar refractivity (Wildman–Crippen MR) is 185 cm³/mol. The number of ketones is 1. The molecule has 2 N–H and O–H groups in total. The minimum atomic E-state index is -0.796. The fourth-order valence-electron chi connectivity index (χ4n) is 5.67. The number of hydrazone groups is 1. The average molecular weight is 659 g/mol. The van der Waals surface area contributed by atoms with Gasteiger partial charge in [-0.15, -0.1) is 0 Å². The Balaban J connectivity index is 1.50. The Morgan fingerprint density at radius 2 is 1.73 bits per heavy atom. The van der Waals surface area contributed by atoms with Crippen LogP contribution in [-0.4, -0.2) is 81.6 Å². The Hall–Kier alpha value is -4.48. The summed E-state index contributed by atoms with van der Waals surface area (Å²) >= 11 is 0. The van der Waals surface area contributed by atoms with Crippen molar-refractivity contribution in [1.82, 2.24) is 10.3 Å². The maximum Gasteiger partial charge on any atom is 0.427 e. The van der Waals surface area contributed by atoms with Gasteiger partial charge < -0.3 is 24.3 Å². The molecule has 3 aromatic rings. The summed E-state index contributed by atoms with van der Waals surface area (Å²) in [6.07, 6.45) is 1.71. The maximum atomic E-state index is 14.2. The zero-order valence-electron chi connectivity index (χ0n) is 28.5. The lowest BCUT2D eigenvalue weighted by atomic mass is 9.84. The van der Waals surface area contributed by atoms with E-state index in [4.69, 9.17) is 18.9 Å². The van der Waals surface area contributed by atoms with Crippen LogP contribution in [0.3, 0.4) is 0 Å². The Morgan fingerprint density at radius 1 is 1.00 bits per heavy atom. The van der Waals surface area contributed by atoms with E-state index in [9.17, 15) is 14.4 Å². The molecular weight excluding hydrogens is 612 g/mol. The smallest absolute Gasteiger partial charge is 0.427 e. The number of morpholine rings is 1. The van der Waals surface area contributed by atoms with Gasteiger partial charge in [-0.3, -0.25) is 14.5 Å². The third-order valence-corrected chi connectivity index (χ3v) is 8.54. The molecule has 48 heavy (non-hydrogen) atoms. The summed E-state index contributed by atoms with van der Waals surface area (Å²) in [6, 6.07) is 14.8. The first-order valence-electron chi connectivity index (χ1n) is 16.6. The third kappa shape index (κ3) is 8.70. The number of methoxy groups -OCH3 is 1. The fourth-order valence-corrected chi connectivity index (χ4v) is 5.67. The van der Waals surface area contributed by atoms with Gasteiger partial charge in [-0.25, -0.2) is 10.2 Å². The second-order valence-corrected chi connectivity index (χ2v) is 13.1. The molecule has 256 valence electrons. The minimum Gasteiger partial charge on any atom is -0.494 e. The van der Waals surface area contributed by atoms with Crippen LogP contribution in [0, 0.1) is 5.92 Å². The van der Waals surface area contributed by atoms with Crippen LogP contribution in [0.25, 0.3) is 10.8 Å². The number of ether oxygens (including phenoxy) is 4. The Labute approximate surface area is 281 Å². The molecule has 2 fully saturated rings. The number of nitrogens with one attached hydrogen (secondary N) is 2. The van der Waals surface area contributed by atoms with Crippen LogP contribution in [-0.2, 0) is 19.7 Å². The molecule has 2 amide bonds. The van der Waals surface area contributed by atoms with Crippen molar-refractivity contribution in [3.05, 3.63) is 65.2 Å². The van der Waals surface area contributed by atoms with E-state index in [1.807, 2.05) is 57.2 Å². The molecule has 11 heteroatoms. The normalized spacial score (nSPS) is 15.6. The molecule has 1 aliphatic heterocycles. The molecular formula is C37H46N4O7. The second kappa shape index (κ2) is 15.6. The molecule has 0 unspecified atom stereocenters. The fraction of sp³-hybridized carbons (Fsp3) is 0.459. The number of anilines is 1. The minimum absolute atomic E-state index is 0.0241. The number of Topliss-reactive ketones (excluding diaryl/α,β-unsaturated/α-hetero) is 1. The average Bonchev–Trinajstić information content (AvgIpc) is 3.89. The van der Waals surface area contributed by atoms with Gasteiger partial charge in [0.05, 0.1) is 38.2 Å². The molecule has 0 aromatic heterocycles. The van der Waals surface area contributed by atoms with E-state index in [-0.39, 0.29) is 29.3 Å². The van der Waals surface area contributed by atoms with Crippen molar-refractivity contribution >= 4 is 40.0 Å². The number of hydrogen-bond donors (Lipinski definition) is 2. The largest absolute Gasteiger partial charge is 0.494 e. The van der Waals surface area contributed by atoms with Crippen LogP contribution in [0.5, 0.6) is 11.5 Å². The summed E-state index contributed by atoms with van der Waals surface area (Å²) in [7, 11) is 1.48. The van der Waals surface area contributed by atoms with E-state index in [1.165, 1.54) is 7.11 Å². The number of fused-ring (bicyclic) bond motifs is 1. The van der Waals surface area contributed by atoms with Gasteiger partial charge in [0.2, 0.25) is 0 Å². The first-order chi connectivity index (χ1) is 23.1. The lowest BCUT2D eigenvalue weighted by Crippen LogP contribution is -2.38. The van der Waals surface area contributed by atoms with Crippen LogP contribution >= 0.6 is 0 Å². The molecule has 1 heterocycles. The number of nitrogens with zero attached hydrogens (tertiary/aromatic N) is 2. The molecule has 3 aromatic carbocycles. The Kier molecular flexibility index (Phi) is 11.3. The van der Waals surface area contributed by atoms with Crippen LogP contribution < -0.4 is 20.2 Å². The zero-order valence-corrected chi connectivity index (χ0v) is 28.5. The summed E-state index contributed by atoms with van der Waals surface area (Å²) in [5.41, 5.74) is 4.07. The van der Waals surface area contributed by atoms with Gasteiger partial charge >= 0.3 is 6.09 Å². The lowest BCUT2D eigenvalue weighted by Gasteiger charge is -2.26. The first-order valence-corrected chi connectivity index (χ1v) is 16.6. The molecule has 0 bridgehead atoms. The van der Waals surface area contributed by atoms with Crippen molar-refractivity contribution in [2.75, 3.05) is 58.5 Å². The molecule has 0 radical (unpaired) electrons. The van der Waals surface area contributed by atoms with E-state index in [0.717, 1.165) is 43.4 Å². The van der Waals surface area contributed by atoms with Crippen molar-refractivity contribution in [2.45, 2.75) is 52.4 Å². The summed E-state index contributed by atoms with van der Waals surface area (Å²) in [5, 5.41) is 8.70. The van der Waals surface area contributed by atoms with Gasteiger partial charge in [-0.05, 0) is 66.3 Å². The van der Waals surface area contributed by atoms with Gasteiger partial charge in [-0.2, -0.15) is 5.10 Å². The summed E-state index contributed by atoms with van der Waals surface area (Å²) in [4.78, 5) is 42.3. The Bertz CT molecular complexity index is 1670. The molecule has 0 spiro atoms.